The quantitative estimate of drug-likeness (QED) is 0.688. The molecule has 0 aliphatic carbocycles. The molecule has 21 heavy (non-hydrogen) atoms. The summed E-state index contributed by atoms with van der Waals surface area (Å²) in [5, 5.41) is -0.212. The van der Waals surface area contributed by atoms with Gasteiger partial charge in [0, 0.05) is 19.2 Å². The van der Waals surface area contributed by atoms with Crippen molar-refractivity contribution < 1.29 is 4.39 Å². The first-order valence-corrected chi connectivity index (χ1v) is 8.42. The summed E-state index contributed by atoms with van der Waals surface area (Å²) < 4.78 is 16.2. The van der Waals surface area contributed by atoms with Crippen LogP contribution >= 0.6 is 27.5 Å². The van der Waals surface area contributed by atoms with E-state index in [9.17, 15) is 4.39 Å². The van der Waals surface area contributed by atoms with Crippen molar-refractivity contribution in [3.8, 4) is 0 Å². The van der Waals surface area contributed by atoms with E-state index in [1.54, 1.807) is 6.07 Å². The first kappa shape index (κ1) is 16.7. The summed E-state index contributed by atoms with van der Waals surface area (Å²) in [4.78, 5) is 6.84. The van der Waals surface area contributed by atoms with Crippen LogP contribution in [0.5, 0.6) is 0 Å². The van der Waals surface area contributed by atoms with E-state index in [2.05, 4.69) is 44.2 Å². The summed E-state index contributed by atoms with van der Waals surface area (Å²) in [6.45, 7) is 9.91. The van der Waals surface area contributed by atoms with E-state index in [4.69, 9.17) is 11.6 Å². The number of rotatable bonds is 6. The maximum absolute atomic E-state index is 13.7. The molecular weight excluding hydrogens is 357 g/mol. The zero-order valence-corrected chi connectivity index (χ0v) is 14.9. The molecule has 1 atom stereocenters. The van der Waals surface area contributed by atoms with Crippen molar-refractivity contribution in [1.82, 2.24) is 14.5 Å². The molecule has 1 heterocycles. The zero-order chi connectivity index (χ0) is 15.6. The maximum atomic E-state index is 13.7. The molecule has 0 aliphatic rings. The summed E-state index contributed by atoms with van der Waals surface area (Å²) in [7, 11) is 0. The van der Waals surface area contributed by atoms with Gasteiger partial charge in [0.25, 0.3) is 0 Å². The van der Waals surface area contributed by atoms with Crippen molar-refractivity contribution in [3.63, 3.8) is 0 Å². The van der Waals surface area contributed by atoms with Gasteiger partial charge in [-0.2, -0.15) is 0 Å². The molecule has 1 aromatic heterocycles. The fourth-order valence-corrected chi connectivity index (χ4v) is 2.96. The first-order chi connectivity index (χ1) is 9.97. The summed E-state index contributed by atoms with van der Waals surface area (Å²) in [6.07, 6.45) is 0. The minimum atomic E-state index is -0.301. The monoisotopic (exact) mass is 375 g/mol. The van der Waals surface area contributed by atoms with Crippen LogP contribution in [-0.4, -0.2) is 34.1 Å². The Hall–Kier alpha value is -0.650. The Morgan fingerprint density at radius 1 is 1.38 bits per heavy atom. The van der Waals surface area contributed by atoms with Crippen LogP contribution < -0.4 is 0 Å². The largest absolute Gasteiger partial charge is 0.325 e. The topological polar surface area (TPSA) is 21.1 Å². The van der Waals surface area contributed by atoms with Gasteiger partial charge in [-0.3, -0.25) is 0 Å². The minimum Gasteiger partial charge on any atom is -0.325 e. The van der Waals surface area contributed by atoms with Crippen LogP contribution in [0.25, 0.3) is 11.0 Å². The molecule has 3 nitrogen and oxygen atoms in total. The molecule has 0 N–H and O–H groups in total. The Morgan fingerprint density at radius 3 is 2.62 bits per heavy atom. The summed E-state index contributed by atoms with van der Waals surface area (Å²) in [5.74, 6) is 0.487. The van der Waals surface area contributed by atoms with Crippen molar-refractivity contribution >= 4 is 38.6 Å². The predicted molar refractivity (Wildman–Crippen MR) is 89.4 cm³/mol. The lowest BCUT2D eigenvalue weighted by Crippen LogP contribution is -2.27. The van der Waals surface area contributed by atoms with Crippen molar-refractivity contribution in [2.75, 3.05) is 19.6 Å². The molecule has 0 spiro atoms. The first-order valence-electron chi connectivity index (χ1n) is 7.19. The maximum Gasteiger partial charge on any atom is 0.139 e. The van der Waals surface area contributed by atoms with E-state index >= 15 is 0 Å². The lowest BCUT2D eigenvalue weighted by atomic mass is 10.3. The van der Waals surface area contributed by atoms with E-state index < -0.39 is 0 Å². The second-order valence-electron chi connectivity index (χ2n) is 5.02. The van der Waals surface area contributed by atoms with Crippen molar-refractivity contribution in [2.45, 2.75) is 32.7 Å². The van der Waals surface area contributed by atoms with Gasteiger partial charge < -0.3 is 9.47 Å². The second-order valence-corrected chi connectivity index (χ2v) is 6.53. The molecular formula is C15H20BrClFN3. The van der Waals surface area contributed by atoms with E-state index in [-0.39, 0.29) is 11.2 Å². The molecule has 2 rings (SSSR count). The van der Waals surface area contributed by atoms with Gasteiger partial charge in [-0.15, -0.1) is 11.6 Å². The number of fused-ring (bicyclic) bond motifs is 1. The van der Waals surface area contributed by atoms with Crippen molar-refractivity contribution in [1.29, 1.82) is 0 Å². The van der Waals surface area contributed by atoms with Gasteiger partial charge in [0.1, 0.15) is 11.6 Å². The molecule has 0 radical (unpaired) electrons. The molecule has 0 bridgehead atoms. The number of aromatic nitrogens is 2. The van der Waals surface area contributed by atoms with Crippen LogP contribution in [0.3, 0.4) is 0 Å². The summed E-state index contributed by atoms with van der Waals surface area (Å²) >= 11 is 9.48. The number of benzene rings is 1. The average molecular weight is 377 g/mol. The Labute approximate surface area is 138 Å². The average Bonchev–Trinajstić information content (AvgIpc) is 2.79. The Kier molecular flexibility index (Phi) is 5.63. The van der Waals surface area contributed by atoms with Crippen LogP contribution in [0.4, 0.5) is 4.39 Å². The van der Waals surface area contributed by atoms with Crippen LogP contribution in [0, 0.1) is 5.82 Å². The van der Waals surface area contributed by atoms with Gasteiger partial charge in [-0.25, -0.2) is 9.37 Å². The number of halogens is 3. The third kappa shape index (κ3) is 3.58. The van der Waals surface area contributed by atoms with Gasteiger partial charge in [0.15, 0.2) is 0 Å². The predicted octanol–water partition coefficient (Wildman–Crippen LogP) is 4.58. The fourth-order valence-electron chi connectivity index (χ4n) is 2.46. The number of imidazole rings is 1. The number of hydrogen-bond acceptors (Lipinski definition) is 2. The summed E-state index contributed by atoms with van der Waals surface area (Å²) in [5.41, 5.74) is 1.57. The third-order valence-corrected chi connectivity index (χ3v) is 4.51. The third-order valence-electron chi connectivity index (χ3n) is 3.71. The molecule has 0 fully saturated rings. The van der Waals surface area contributed by atoms with E-state index in [1.165, 1.54) is 6.07 Å². The lowest BCUT2D eigenvalue weighted by Gasteiger charge is -2.19. The highest BCUT2D eigenvalue weighted by atomic mass is 79.9. The molecule has 6 heteroatoms. The SMILES string of the molecule is CCN(CC)CCn1c(C(C)Cl)nc2cc(F)c(Br)cc21. The molecule has 0 saturated carbocycles. The minimum absolute atomic E-state index is 0.212. The van der Waals surface area contributed by atoms with Gasteiger partial charge >= 0.3 is 0 Å². The zero-order valence-electron chi connectivity index (χ0n) is 12.5. The standard InChI is InChI=1S/C15H20BrClFN3/c1-4-20(5-2)6-7-21-14-8-11(16)12(18)9-13(14)19-15(21)10(3)17/h8-10H,4-7H2,1-3H3. The number of hydrogen-bond donors (Lipinski definition) is 0. The van der Waals surface area contributed by atoms with Crippen LogP contribution in [-0.2, 0) is 6.54 Å². The van der Waals surface area contributed by atoms with E-state index in [1.807, 2.05) is 6.92 Å². The van der Waals surface area contributed by atoms with Crippen molar-refractivity contribution in [2.24, 2.45) is 0 Å². The van der Waals surface area contributed by atoms with E-state index in [0.717, 1.165) is 37.5 Å². The molecule has 0 amide bonds. The fraction of sp³-hybridized carbons (Fsp3) is 0.533. The highest BCUT2D eigenvalue weighted by Crippen LogP contribution is 2.28. The smallest absolute Gasteiger partial charge is 0.139 e. The van der Waals surface area contributed by atoms with Crippen LogP contribution in [0.1, 0.15) is 32.0 Å². The van der Waals surface area contributed by atoms with Crippen LogP contribution in [0.15, 0.2) is 16.6 Å². The lowest BCUT2D eigenvalue weighted by molar-refractivity contribution is 0.290. The number of alkyl halides is 1. The molecule has 1 aromatic carbocycles. The summed E-state index contributed by atoms with van der Waals surface area (Å²) in [6, 6.07) is 3.23. The molecule has 0 saturated heterocycles. The molecule has 0 aliphatic heterocycles. The van der Waals surface area contributed by atoms with Crippen LogP contribution in [0.2, 0.25) is 0 Å². The molecule has 116 valence electrons. The second kappa shape index (κ2) is 7.07. The molecule has 2 aromatic rings. The van der Waals surface area contributed by atoms with Gasteiger partial charge in [-0.05, 0) is 42.0 Å². The highest BCUT2D eigenvalue weighted by molar-refractivity contribution is 9.10. The highest BCUT2D eigenvalue weighted by Gasteiger charge is 2.17. The Morgan fingerprint density at radius 2 is 2.05 bits per heavy atom. The Balaban J connectivity index is 2.43. The normalized spacial score (nSPS) is 13.3. The van der Waals surface area contributed by atoms with Gasteiger partial charge in [0.2, 0.25) is 0 Å². The molecule has 1 unspecified atom stereocenters. The van der Waals surface area contributed by atoms with Gasteiger partial charge in [-0.1, -0.05) is 13.8 Å². The Bertz CT molecular complexity index is 623. The number of nitrogens with zero attached hydrogens (tertiary/aromatic N) is 3. The van der Waals surface area contributed by atoms with Gasteiger partial charge in [0.05, 0.1) is 20.9 Å². The van der Waals surface area contributed by atoms with E-state index in [0.29, 0.717) is 9.99 Å². The number of likely N-dealkylation sites (N-methyl/N-ethyl adjacent to an activating group) is 1. The van der Waals surface area contributed by atoms with Crippen molar-refractivity contribution in [3.05, 3.63) is 28.2 Å².